The number of pyridine rings is 3. The Hall–Kier alpha value is -5.10. The van der Waals surface area contributed by atoms with Crippen LogP contribution in [0.3, 0.4) is 0 Å². The molecule has 5 rings (SSSR count). The maximum Gasteiger partial charge on any atom is 0.261 e. The molecule has 208 valence electrons. The molecule has 2 N–H and O–H groups in total. The monoisotopic (exact) mass is 574 g/mol. The lowest BCUT2D eigenvalue weighted by Crippen LogP contribution is -2.13. The molecule has 3 aromatic heterocycles. The van der Waals surface area contributed by atoms with E-state index in [-0.39, 0.29) is 39.0 Å². The highest BCUT2D eigenvalue weighted by atomic mass is 32.2. The van der Waals surface area contributed by atoms with Gasteiger partial charge in [0.05, 0.1) is 23.7 Å². The molecule has 10 nitrogen and oxygen atoms in total. The topological polar surface area (TPSA) is 141 Å². The number of fused-ring (bicyclic) bond motifs is 1. The van der Waals surface area contributed by atoms with Gasteiger partial charge in [0.2, 0.25) is 0 Å². The van der Waals surface area contributed by atoms with Crippen LogP contribution in [-0.4, -0.2) is 47.7 Å². The molecule has 5 aromatic rings. The highest BCUT2D eigenvalue weighted by Crippen LogP contribution is 2.36. The predicted molar refractivity (Wildman–Crippen MR) is 150 cm³/mol. The molecule has 0 saturated carbocycles. The predicted octanol–water partition coefficient (Wildman–Crippen LogP) is 5.30. The molecule has 0 fully saturated rings. The van der Waals surface area contributed by atoms with E-state index in [2.05, 4.69) is 20.3 Å². The van der Waals surface area contributed by atoms with Crippen LogP contribution in [0.15, 0.2) is 78.1 Å². The molecule has 12 heteroatoms. The molecule has 41 heavy (non-hydrogen) atoms. The number of carbonyl (C=O) groups is 1. The van der Waals surface area contributed by atoms with Crippen molar-refractivity contribution in [1.29, 1.82) is 0 Å². The number of anilines is 1. The van der Waals surface area contributed by atoms with Crippen molar-refractivity contribution in [1.82, 2.24) is 15.0 Å². The zero-order chi connectivity index (χ0) is 29.3. The molecule has 0 aliphatic carbocycles. The second kappa shape index (κ2) is 10.8. The fraction of sp³-hybridized carbons (Fsp3) is 0.103. The van der Waals surface area contributed by atoms with Gasteiger partial charge in [0.15, 0.2) is 27.2 Å². The van der Waals surface area contributed by atoms with Gasteiger partial charge in [0.25, 0.3) is 5.91 Å². The summed E-state index contributed by atoms with van der Waals surface area (Å²) in [5, 5.41) is 13.5. The number of carbonyl (C=O) groups excluding carboxylic acids is 1. The molecular formula is C29H23FN4O6S. The second-order valence-corrected chi connectivity index (χ2v) is 11.0. The van der Waals surface area contributed by atoms with Gasteiger partial charge in [-0.3, -0.25) is 14.8 Å². The number of aromatic nitrogens is 3. The van der Waals surface area contributed by atoms with Gasteiger partial charge in [-0.05, 0) is 36.8 Å². The first kappa shape index (κ1) is 27.5. The highest BCUT2D eigenvalue weighted by Gasteiger charge is 2.20. The first-order valence-corrected chi connectivity index (χ1v) is 14.0. The number of hydrogen-bond acceptors (Lipinski definition) is 9. The number of nitrogens with one attached hydrogen (secondary N) is 1. The molecule has 3 heterocycles. The van der Waals surface area contributed by atoms with Gasteiger partial charge in [-0.1, -0.05) is 12.1 Å². The van der Waals surface area contributed by atoms with Crippen LogP contribution < -0.4 is 14.8 Å². The average Bonchev–Trinajstić information content (AvgIpc) is 2.94. The van der Waals surface area contributed by atoms with Crippen molar-refractivity contribution < 1.29 is 32.2 Å². The molecule has 0 aliphatic heterocycles. The zero-order valence-corrected chi connectivity index (χ0v) is 22.9. The van der Waals surface area contributed by atoms with Crippen molar-refractivity contribution in [2.45, 2.75) is 11.8 Å². The van der Waals surface area contributed by atoms with E-state index in [1.165, 1.54) is 62.1 Å². The van der Waals surface area contributed by atoms with Crippen molar-refractivity contribution in [3.8, 4) is 34.1 Å². The number of aromatic hydroxyl groups is 1. The van der Waals surface area contributed by atoms with Crippen molar-refractivity contribution in [2.24, 2.45) is 0 Å². The summed E-state index contributed by atoms with van der Waals surface area (Å²) >= 11 is 0. The number of sulfone groups is 1. The quantitative estimate of drug-likeness (QED) is 0.265. The Bertz CT molecular complexity index is 1910. The van der Waals surface area contributed by atoms with Gasteiger partial charge in [-0.2, -0.15) is 0 Å². The summed E-state index contributed by atoms with van der Waals surface area (Å²) in [5.41, 5.74) is 2.04. The molecule has 0 aliphatic rings. The minimum atomic E-state index is -3.41. The van der Waals surface area contributed by atoms with Gasteiger partial charge in [0.1, 0.15) is 22.6 Å². The van der Waals surface area contributed by atoms with Crippen LogP contribution in [-0.2, 0) is 9.84 Å². The second-order valence-electron chi connectivity index (χ2n) is 9.03. The molecule has 2 aromatic carbocycles. The van der Waals surface area contributed by atoms with Gasteiger partial charge in [-0.25, -0.2) is 17.8 Å². The third-order valence-corrected chi connectivity index (χ3v) is 7.35. The molecule has 0 unspecified atom stereocenters. The summed E-state index contributed by atoms with van der Waals surface area (Å²) in [6, 6.07) is 13.0. The summed E-state index contributed by atoms with van der Waals surface area (Å²) in [5.74, 6) is -1.14. The van der Waals surface area contributed by atoms with Crippen LogP contribution in [0.25, 0.3) is 22.2 Å². The lowest BCUT2D eigenvalue weighted by molar-refractivity contribution is 0.102. The van der Waals surface area contributed by atoms with Crippen LogP contribution in [0, 0.1) is 12.7 Å². The first-order chi connectivity index (χ1) is 19.5. The van der Waals surface area contributed by atoms with Crippen LogP contribution in [0.4, 0.5) is 10.1 Å². The average molecular weight is 575 g/mol. The lowest BCUT2D eigenvalue weighted by Gasteiger charge is -2.14. The van der Waals surface area contributed by atoms with Gasteiger partial charge in [0, 0.05) is 53.8 Å². The summed E-state index contributed by atoms with van der Waals surface area (Å²) in [6.07, 6.45) is 5.30. The minimum Gasteiger partial charge on any atom is -0.506 e. The number of methoxy groups -OCH3 is 1. The van der Waals surface area contributed by atoms with Gasteiger partial charge in [-0.15, -0.1) is 0 Å². The number of amides is 1. The van der Waals surface area contributed by atoms with E-state index in [1.54, 1.807) is 19.1 Å². The van der Waals surface area contributed by atoms with Crippen molar-refractivity contribution in [3.63, 3.8) is 0 Å². The first-order valence-electron chi connectivity index (χ1n) is 12.1. The van der Waals surface area contributed by atoms with Crippen LogP contribution in [0.2, 0.25) is 0 Å². The summed E-state index contributed by atoms with van der Waals surface area (Å²) in [4.78, 5) is 25.9. The minimum absolute atomic E-state index is 0.104. The maximum atomic E-state index is 15.0. The van der Waals surface area contributed by atoms with E-state index in [0.717, 1.165) is 12.3 Å². The van der Waals surface area contributed by atoms with E-state index in [9.17, 15) is 18.3 Å². The molecule has 0 radical (unpaired) electrons. The zero-order valence-electron chi connectivity index (χ0n) is 22.0. The van der Waals surface area contributed by atoms with Crippen LogP contribution >= 0.6 is 0 Å². The Labute approximate surface area is 234 Å². The van der Waals surface area contributed by atoms with E-state index in [1.807, 2.05) is 0 Å². The third kappa shape index (κ3) is 5.63. The van der Waals surface area contributed by atoms with Crippen LogP contribution in [0.5, 0.6) is 23.0 Å². The van der Waals surface area contributed by atoms with E-state index in [0.29, 0.717) is 28.0 Å². The lowest BCUT2D eigenvalue weighted by atomic mass is 10.0. The number of aryl methyl sites for hydroxylation is 1. The van der Waals surface area contributed by atoms with Gasteiger partial charge >= 0.3 is 0 Å². The SMILES string of the molecule is COc1cnc2c(Oc3ccc(NC(=O)c4cnc(C)c(-c5ccc(S(C)(=O)=O)cc5)c4O)cc3F)ccnc2c1. The number of rotatable bonds is 7. The van der Waals surface area contributed by atoms with Crippen molar-refractivity contribution >= 4 is 32.5 Å². The smallest absolute Gasteiger partial charge is 0.261 e. The third-order valence-electron chi connectivity index (χ3n) is 6.22. The standard InChI is InChI=1S/C29H23FN4O6S/c1-16-26(17-4-7-20(8-5-17)41(3,37)38)28(35)21(15-32-16)29(36)34-18-6-9-24(22(30)12-18)40-25-10-11-31-23-13-19(39-2)14-33-27(23)25/h4-15H,1-3H3,(H,32,35)(H,34,36). The molecule has 0 atom stereocenters. The Morgan fingerprint density at radius 1 is 0.976 bits per heavy atom. The summed E-state index contributed by atoms with van der Waals surface area (Å²) in [6.45, 7) is 1.65. The van der Waals surface area contributed by atoms with Crippen molar-refractivity contribution in [2.75, 3.05) is 18.7 Å². The maximum absolute atomic E-state index is 15.0. The number of hydrogen-bond donors (Lipinski definition) is 2. The van der Waals surface area contributed by atoms with E-state index < -0.39 is 21.6 Å². The van der Waals surface area contributed by atoms with E-state index in [4.69, 9.17) is 9.47 Å². The Balaban J connectivity index is 1.38. The number of halogens is 1. The largest absolute Gasteiger partial charge is 0.506 e. The summed E-state index contributed by atoms with van der Waals surface area (Å²) < 4.78 is 49.5. The van der Waals surface area contributed by atoms with Crippen LogP contribution in [0.1, 0.15) is 16.1 Å². The number of ether oxygens (including phenoxy) is 2. The Kier molecular flexibility index (Phi) is 7.24. The fourth-order valence-electron chi connectivity index (χ4n) is 4.13. The molecule has 1 amide bonds. The number of nitrogens with zero attached hydrogens (tertiary/aromatic N) is 3. The molecular weight excluding hydrogens is 551 g/mol. The van der Waals surface area contributed by atoms with Crippen molar-refractivity contribution in [3.05, 3.63) is 90.3 Å². The summed E-state index contributed by atoms with van der Waals surface area (Å²) in [7, 11) is -1.90. The van der Waals surface area contributed by atoms with Gasteiger partial charge < -0.3 is 19.9 Å². The fourth-order valence-corrected chi connectivity index (χ4v) is 4.76. The van der Waals surface area contributed by atoms with E-state index >= 15 is 4.39 Å². The molecule has 0 saturated heterocycles. The molecule has 0 spiro atoms. The highest BCUT2D eigenvalue weighted by molar-refractivity contribution is 7.90. The normalized spacial score (nSPS) is 11.3. The Morgan fingerprint density at radius 3 is 2.41 bits per heavy atom. The number of benzene rings is 2. The molecule has 0 bridgehead atoms. The Morgan fingerprint density at radius 2 is 1.73 bits per heavy atom.